The highest BCUT2D eigenvalue weighted by Gasteiger charge is 2.35. The third kappa shape index (κ3) is 3.30. The monoisotopic (exact) mass is 297 g/mol. The molecule has 0 aromatic heterocycles. The molecule has 1 aliphatic rings. The molecule has 1 aromatic carbocycles. The number of hydrogen-bond acceptors (Lipinski definition) is 3. The Labute approximate surface area is 109 Å². The molecule has 1 saturated carbocycles. The molecule has 0 unspecified atom stereocenters. The van der Waals surface area contributed by atoms with Gasteiger partial charge in [0.1, 0.15) is 6.61 Å². The summed E-state index contributed by atoms with van der Waals surface area (Å²) < 4.78 is 6.19. The molecule has 1 aliphatic carbocycles. The van der Waals surface area contributed by atoms with Crippen LogP contribution in [0.1, 0.15) is 31.2 Å². The van der Waals surface area contributed by atoms with E-state index < -0.39 is 0 Å². The van der Waals surface area contributed by atoms with Crippen molar-refractivity contribution < 1.29 is 9.53 Å². The summed E-state index contributed by atoms with van der Waals surface area (Å²) in [6.45, 7) is 0.302. The number of carbonyl (C=O) groups is 1. The van der Waals surface area contributed by atoms with Crippen molar-refractivity contribution in [2.75, 3.05) is 0 Å². The lowest BCUT2D eigenvalue weighted by molar-refractivity contribution is -0.147. The van der Waals surface area contributed by atoms with Gasteiger partial charge in [0.2, 0.25) is 0 Å². The van der Waals surface area contributed by atoms with Crippen LogP contribution in [0.15, 0.2) is 28.7 Å². The molecule has 0 radical (unpaired) electrons. The maximum absolute atomic E-state index is 11.6. The summed E-state index contributed by atoms with van der Waals surface area (Å²) >= 11 is 3.42. The maximum atomic E-state index is 11.6. The average Bonchev–Trinajstić information content (AvgIpc) is 2.26. The Morgan fingerprint density at radius 3 is 2.71 bits per heavy atom. The summed E-state index contributed by atoms with van der Waals surface area (Å²) in [5.41, 5.74) is 6.66. The first kappa shape index (κ1) is 12.6. The summed E-state index contributed by atoms with van der Waals surface area (Å²) in [6, 6.07) is 7.71. The third-order valence-corrected chi connectivity index (χ3v) is 3.97. The summed E-state index contributed by atoms with van der Waals surface area (Å²) in [7, 11) is 0. The van der Waals surface area contributed by atoms with Gasteiger partial charge in [0.25, 0.3) is 0 Å². The molecule has 0 saturated heterocycles. The van der Waals surface area contributed by atoms with Gasteiger partial charge in [-0.25, -0.2) is 0 Å². The van der Waals surface area contributed by atoms with Gasteiger partial charge in [0.05, 0.1) is 6.42 Å². The smallest absolute Gasteiger partial charge is 0.307 e. The zero-order chi connectivity index (χ0) is 12.3. The molecule has 2 N–H and O–H groups in total. The fourth-order valence-electron chi connectivity index (χ4n) is 1.92. The van der Waals surface area contributed by atoms with Crippen LogP contribution in [0.4, 0.5) is 0 Å². The molecule has 0 heterocycles. The first-order chi connectivity index (χ1) is 8.09. The molecule has 1 fully saturated rings. The van der Waals surface area contributed by atoms with Gasteiger partial charge in [-0.15, -0.1) is 0 Å². The number of hydrogen-bond donors (Lipinski definition) is 1. The lowest BCUT2D eigenvalue weighted by Gasteiger charge is -2.37. The Kier molecular flexibility index (Phi) is 3.84. The normalized spacial score (nSPS) is 17.3. The fourth-order valence-corrected chi connectivity index (χ4v) is 2.32. The molecular formula is C13H16BrNO2. The molecule has 92 valence electrons. The Morgan fingerprint density at radius 2 is 2.12 bits per heavy atom. The topological polar surface area (TPSA) is 52.3 Å². The molecule has 0 spiro atoms. The number of halogens is 1. The quantitative estimate of drug-likeness (QED) is 0.870. The molecule has 0 amide bonds. The summed E-state index contributed by atoms with van der Waals surface area (Å²) in [5.74, 6) is -0.206. The number of carbonyl (C=O) groups excluding carboxylic acids is 1. The van der Waals surface area contributed by atoms with E-state index in [-0.39, 0.29) is 11.5 Å². The van der Waals surface area contributed by atoms with E-state index in [0.717, 1.165) is 29.3 Å². The predicted octanol–water partition coefficient (Wildman–Crippen LogP) is 2.76. The minimum Gasteiger partial charge on any atom is -0.461 e. The second-order valence-corrected chi connectivity index (χ2v) is 5.50. The van der Waals surface area contributed by atoms with Gasteiger partial charge >= 0.3 is 5.97 Å². The standard InChI is InChI=1S/C13H16BrNO2/c14-11-5-2-1-4-10(11)9-17-12(16)8-13(15)6-3-7-13/h1-2,4-5H,3,6-9,15H2. The molecule has 17 heavy (non-hydrogen) atoms. The van der Waals surface area contributed by atoms with Crippen LogP contribution in [0.5, 0.6) is 0 Å². The summed E-state index contributed by atoms with van der Waals surface area (Å²) in [5, 5.41) is 0. The first-order valence-electron chi connectivity index (χ1n) is 5.77. The average molecular weight is 298 g/mol. The van der Waals surface area contributed by atoms with Crippen molar-refractivity contribution in [1.82, 2.24) is 0 Å². The van der Waals surface area contributed by atoms with Crippen molar-refractivity contribution in [1.29, 1.82) is 0 Å². The number of nitrogens with two attached hydrogens (primary N) is 1. The zero-order valence-electron chi connectivity index (χ0n) is 9.62. The highest BCUT2D eigenvalue weighted by molar-refractivity contribution is 9.10. The van der Waals surface area contributed by atoms with Crippen molar-refractivity contribution in [2.45, 2.75) is 37.8 Å². The highest BCUT2D eigenvalue weighted by atomic mass is 79.9. The second-order valence-electron chi connectivity index (χ2n) is 4.64. The fraction of sp³-hybridized carbons (Fsp3) is 0.462. The van der Waals surface area contributed by atoms with Gasteiger partial charge in [-0.3, -0.25) is 4.79 Å². The van der Waals surface area contributed by atoms with Crippen LogP contribution in [-0.2, 0) is 16.1 Å². The van der Waals surface area contributed by atoms with Crippen LogP contribution in [0.2, 0.25) is 0 Å². The van der Waals surface area contributed by atoms with Crippen LogP contribution in [0, 0.1) is 0 Å². The van der Waals surface area contributed by atoms with E-state index >= 15 is 0 Å². The van der Waals surface area contributed by atoms with E-state index in [2.05, 4.69) is 15.9 Å². The van der Waals surface area contributed by atoms with Gasteiger partial charge in [0.15, 0.2) is 0 Å². The van der Waals surface area contributed by atoms with Crippen molar-refractivity contribution in [3.8, 4) is 0 Å². The Balaban J connectivity index is 1.82. The van der Waals surface area contributed by atoms with Crippen LogP contribution in [0.25, 0.3) is 0 Å². The van der Waals surface area contributed by atoms with Crippen LogP contribution >= 0.6 is 15.9 Å². The highest BCUT2D eigenvalue weighted by Crippen LogP contribution is 2.32. The van der Waals surface area contributed by atoms with E-state index in [0.29, 0.717) is 13.0 Å². The minimum absolute atomic E-state index is 0.206. The van der Waals surface area contributed by atoms with Gasteiger partial charge in [-0.05, 0) is 25.3 Å². The van der Waals surface area contributed by atoms with Crippen LogP contribution in [-0.4, -0.2) is 11.5 Å². The van der Waals surface area contributed by atoms with Crippen molar-refractivity contribution in [3.63, 3.8) is 0 Å². The van der Waals surface area contributed by atoms with Crippen LogP contribution < -0.4 is 5.73 Å². The van der Waals surface area contributed by atoms with E-state index in [1.807, 2.05) is 24.3 Å². The Morgan fingerprint density at radius 1 is 1.41 bits per heavy atom. The molecule has 4 heteroatoms. The van der Waals surface area contributed by atoms with Crippen molar-refractivity contribution in [2.24, 2.45) is 5.73 Å². The van der Waals surface area contributed by atoms with Gasteiger partial charge in [-0.2, -0.15) is 0 Å². The van der Waals surface area contributed by atoms with E-state index in [9.17, 15) is 4.79 Å². The Bertz CT molecular complexity index is 416. The second kappa shape index (κ2) is 5.19. The minimum atomic E-state index is -0.301. The first-order valence-corrected chi connectivity index (χ1v) is 6.56. The number of ether oxygens (including phenoxy) is 1. The maximum Gasteiger partial charge on any atom is 0.307 e. The van der Waals surface area contributed by atoms with Crippen molar-refractivity contribution in [3.05, 3.63) is 34.3 Å². The lowest BCUT2D eigenvalue weighted by atomic mass is 9.75. The molecule has 2 rings (SSSR count). The van der Waals surface area contributed by atoms with Gasteiger partial charge in [-0.1, -0.05) is 34.1 Å². The summed E-state index contributed by atoms with van der Waals surface area (Å²) in [6.07, 6.45) is 3.31. The lowest BCUT2D eigenvalue weighted by Crippen LogP contribution is -2.48. The molecule has 3 nitrogen and oxygen atoms in total. The molecule has 0 bridgehead atoms. The molecule has 0 aliphatic heterocycles. The number of rotatable bonds is 4. The van der Waals surface area contributed by atoms with Gasteiger partial charge < -0.3 is 10.5 Å². The molecule has 0 atom stereocenters. The van der Waals surface area contributed by atoms with Crippen molar-refractivity contribution >= 4 is 21.9 Å². The van der Waals surface area contributed by atoms with E-state index in [1.165, 1.54) is 0 Å². The van der Waals surface area contributed by atoms with E-state index in [4.69, 9.17) is 10.5 Å². The van der Waals surface area contributed by atoms with E-state index in [1.54, 1.807) is 0 Å². The number of esters is 1. The third-order valence-electron chi connectivity index (χ3n) is 3.19. The largest absolute Gasteiger partial charge is 0.461 e. The summed E-state index contributed by atoms with van der Waals surface area (Å²) in [4.78, 5) is 11.6. The number of benzene rings is 1. The van der Waals surface area contributed by atoms with Crippen LogP contribution in [0.3, 0.4) is 0 Å². The predicted molar refractivity (Wildman–Crippen MR) is 69.3 cm³/mol. The Hall–Kier alpha value is -0.870. The SMILES string of the molecule is NC1(CC(=O)OCc2ccccc2Br)CCC1. The zero-order valence-corrected chi connectivity index (χ0v) is 11.2. The van der Waals surface area contributed by atoms with Gasteiger partial charge in [0, 0.05) is 15.6 Å². The molecule has 1 aromatic rings. The molecular weight excluding hydrogens is 282 g/mol.